The van der Waals surface area contributed by atoms with Crippen molar-refractivity contribution < 1.29 is 18.7 Å². The predicted molar refractivity (Wildman–Crippen MR) is 102 cm³/mol. The molecule has 27 heavy (non-hydrogen) atoms. The maximum atomic E-state index is 13.6. The summed E-state index contributed by atoms with van der Waals surface area (Å²) in [4.78, 5) is 29.1. The lowest BCUT2D eigenvalue weighted by Gasteiger charge is -2.13. The summed E-state index contributed by atoms with van der Waals surface area (Å²) >= 11 is 1.40. The fourth-order valence-corrected chi connectivity index (χ4v) is 3.03. The zero-order chi connectivity index (χ0) is 19.6. The summed E-state index contributed by atoms with van der Waals surface area (Å²) in [5.41, 5.74) is 1.51. The topological polar surface area (TPSA) is 72.7 Å². The van der Waals surface area contributed by atoms with E-state index in [4.69, 9.17) is 4.74 Å². The van der Waals surface area contributed by atoms with Gasteiger partial charge in [-0.15, -0.1) is 0 Å². The molecule has 0 radical (unpaired) electrons. The van der Waals surface area contributed by atoms with E-state index in [2.05, 4.69) is 10.3 Å². The van der Waals surface area contributed by atoms with E-state index in [-0.39, 0.29) is 5.69 Å². The molecule has 3 aromatic rings. The van der Waals surface area contributed by atoms with Gasteiger partial charge in [0.15, 0.2) is 17.0 Å². The third-order valence-electron chi connectivity index (χ3n) is 3.98. The highest BCUT2D eigenvalue weighted by Gasteiger charge is 2.23. The van der Waals surface area contributed by atoms with Crippen molar-refractivity contribution in [2.45, 2.75) is 25.1 Å². The number of esters is 1. The Morgan fingerprint density at radius 2 is 2.07 bits per heavy atom. The van der Waals surface area contributed by atoms with Crippen molar-refractivity contribution in [3.63, 3.8) is 0 Å². The highest BCUT2D eigenvalue weighted by Crippen LogP contribution is 2.21. The molecule has 0 saturated heterocycles. The van der Waals surface area contributed by atoms with Crippen LogP contribution in [0.3, 0.4) is 0 Å². The fourth-order valence-electron chi connectivity index (χ4n) is 2.49. The third-order valence-corrected chi connectivity index (χ3v) is 4.64. The quantitative estimate of drug-likeness (QED) is 0.534. The van der Waals surface area contributed by atoms with Crippen molar-refractivity contribution in [1.29, 1.82) is 0 Å². The Balaban J connectivity index is 1.73. The molecule has 1 unspecified atom stereocenters. The van der Waals surface area contributed by atoms with Gasteiger partial charge in [-0.2, -0.15) is 0 Å². The van der Waals surface area contributed by atoms with Crippen molar-refractivity contribution in [1.82, 2.24) is 9.38 Å². The lowest BCUT2D eigenvalue weighted by Crippen LogP contribution is -2.30. The van der Waals surface area contributed by atoms with E-state index in [0.717, 1.165) is 0 Å². The van der Waals surface area contributed by atoms with Crippen LogP contribution in [0, 0.1) is 12.7 Å². The van der Waals surface area contributed by atoms with Gasteiger partial charge in [-0.1, -0.05) is 23.9 Å². The number of amides is 1. The van der Waals surface area contributed by atoms with Gasteiger partial charge in [0.1, 0.15) is 5.82 Å². The molecule has 1 atom stereocenters. The van der Waals surface area contributed by atoms with Crippen LogP contribution in [-0.2, 0) is 9.53 Å². The number of hydrogen-bond acceptors (Lipinski definition) is 5. The molecule has 140 valence electrons. The van der Waals surface area contributed by atoms with Crippen molar-refractivity contribution in [2.24, 2.45) is 0 Å². The molecule has 6 nitrogen and oxygen atoms in total. The Kier molecular flexibility index (Phi) is 5.46. The minimum atomic E-state index is -1.07. The van der Waals surface area contributed by atoms with Gasteiger partial charge >= 0.3 is 5.97 Å². The van der Waals surface area contributed by atoms with E-state index in [9.17, 15) is 14.0 Å². The van der Waals surface area contributed by atoms with E-state index < -0.39 is 23.8 Å². The average molecular weight is 387 g/mol. The van der Waals surface area contributed by atoms with Gasteiger partial charge in [-0.3, -0.25) is 9.20 Å². The van der Waals surface area contributed by atoms with Gasteiger partial charge < -0.3 is 10.1 Å². The molecule has 0 saturated carbocycles. The molecule has 1 aromatic carbocycles. The number of carbonyl (C=O) groups is 2. The van der Waals surface area contributed by atoms with Crippen LogP contribution in [0.15, 0.2) is 47.8 Å². The van der Waals surface area contributed by atoms with Crippen LogP contribution in [0.25, 0.3) is 5.52 Å². The number of benzene rings is 1. The number of imidazole rings is 1. The molecule has 0 aliphatic heterocycles. The second-order valence-corrected chi connectivity index (χ2v) is 6.68. The molecule has 0 aliphatic rings. The first-order valence-electron chi connectivity index (χ1n) is 8.19. The van der Waals surface area contributed by atoms with Crippen LogP contribution >= 0.6 is 11.8 Å². The molecular weight excluding hydrogens is 369 g/mol. The highest BCUT2D eigenvalue weighted by atomic mass is 32.2. The number of fused-ring (bicyclic) bond motifs is 1. The van der Waals surface area contributed by atoms with Crippen molar-refractivity contribution in [3.8, 4) is 0 Å². The second kappa shape index (κ2) is 7.79. The van der Waals surface area contributed by atoms with Crippen LogP contribution < -0.4 is 5.32 Å². The number of nitrogens with zero attached hydrogens (tertiary/aromatic N) is 2. The number of carbonyl (C=O) groups excluding carboxylic acids is 2. The normalized spacial score (nSPS) is 12.0. The average Bonchev–Trinajstić information content (AvgIpc) is 3.03. The number of anilines is 1. The first-order chi connectivity index (χ1) is 12.9. The maximum absolute atomic E-state index is 13.6. The van der Waals surface area contributed by atoms with E-state index in [1.54, 1.807) is 41.8 Å². The van der Waals surface area contributed by atoms with Crippen molar-refractivity contribution >= 4 is 34.8 Å². The zero-order valence-electron chi connectivity index (χ0n) is 15.0. The minimum absolute atomic E-state index is 0.140. The van der Waals surface area contributed by atoms with E-state index >= 15 is 0 Å². The number of thioether (sulfide) groups is 1. The first-order valence-corrected chi connectivity index (χ1v) is 9.42. The van der Waals surface area contributed by atoms with E-state index in [1.807, 2.05) is 12.3 Å². The summed E-state index contributed by atoms with van der Waals surface area (Å²) in [6.07, 6.45) is 2.58. The van der Waals surface area contributed by atoms with Gasteiger partial charge in [0.2, 0.25) is 0 Å². The summed E-state index contributed by atoms with van der Waals surface area (Å²) < 4.78 is 20.6. The Hall–Kier alpha value is -2.87. The number of ether oxygens (including phenoxy) is 1. The SMILES string of the molecule is CSc1nc(C(=O)OC(C)C(=O)Nc2ccc(C)c(F)c2)c2ccccn12. The van der Waals surface area contributed by atoms with E-state index in [1.165, 1.54) is 24.8 Å². The first kappa shape index (κ1) is 18.9. The number of aromatic nitrogens is 2. The Labute approximate surface area is 159 Å². The monoisotopic (exact) mass is 387 g/mol. The number of pyridine rings is 1. The Morgan fingerprint density at radius 1 is 1.30 bits per heavy atom. The van der Waals surface area contributed by atoms with Crippen molar-refractivity contribution in [3.05, 3.63) is 59.7 Å². The highest BCUT2D eigenvalue weighted by molar-refractivity contribution is 7.98. The Bertz CT molecular complexity index is 1020. The third kappa shape index (κ3) is 3.95. The molecule has 8 heteroatoms. The van der Waals surface area contributed by atoms with Crippen molar-refractivity contribution in [2.75, 3.05) is 11.6 Å². The van der Waals surface area contributed by atoms with Crippen LogP contribution in [0.2, 0.25) is 0 Å². The van der Waals surface area contributed by atoms with Gasteiger partial charge in [0.25, 0.3) is 5.91 Å². The lowest BCUT2D eigenvalue weighted by molar-refractivity contribution is -0.123. The zero-order valence-corrected chi connectivity index (χ0v) is 15.8. The molecular formula is C19H18FN3O3S. The molecule has 1 N–H and O–H groups in total. The molecule has 0 aliphatic carbocycles. The fraction of sp³-hybridized carbons (Fsp3) is 0.211. The van der Waals surface area contributed by atoms with Gasteiger partial charge in [-0.05, 0) is 49.9 Å². The molecule has 0 bridgehead atoms. The predicted octanol–water partition coefficient (Wildman–Crippen LogP) is 3.69. The van der Waals surface area contributed by atoms with Crippen LogP contribution in [-0.4, -0.2) is 33.6 Å². The molecule has 2 aromatic heterocycles. The molecule has 2 heterocycles. The van der Waals surface area contributed by atoms with Crippen LogP contribution in [0.4, 0.5) is 10.1 Å². The van der Waals surface area contributed by atoms with E-state index in [0.29, 0.717) is 21.9 Å². The van der Waals surface area contributed by atoms with Crippen LogP contribution in [0.1, 0.15) is 23.0 Å². The van der Waals surface area contributed by atoms with Crippen LogP contribution in [0.5, 0.6) is 0 Å². The summed E-state index contributed by atoms with van der Waals surface area (Å²) in [6.45, 7) is 3.08. The maximum Gasteiger partial charge on any atom is 0.360 e. The summed E-state index contributed by atoms with van der Waals surface area (Å²) in [7, 11) is 0. The molecule has 0 spiro atoms. The number of nitrogens with one attached hydrogen (secondary N) is 1. The van der Waals surface area contributed by atoms with Gasteiger partial charge in [-0.25, -0.2) is 14.2 Å². The summed E-state index contributed by atoms with van der Waals surface area (Å²) in [6, 6.07) is 9.74. The number of hydrogen-bond donors (Lipinski definition) is 1. The minimum Gasteiger partial charge on any atom is -0.448 e. The molecule has 1 amide bonds. The van der Waals surface area contributed by atoms with Gasteiger partial charge in [0.05, 0.1) is 5.52 Å². The van der Waals surface area contributed by atoms with Gasteiger partial charge in [0, 0.05) is 11.9 Å². The summed E-state index contributed by atoms with van der Waals surface area (Å²) in [5.74, 6) is -1.68. The summed E-state index contributed by atoms with van der Waals surface area (Å²) in [5, 5.41) is 3.18. The molecule has 0 fully saturated rings. The number of halogens is 1. The number of aryl methyl sites for hydroxylation is 1. The second-order valence-electron chi connectivity index (χ2n) is 5.90. The lowest BCUT2D eigenvalue weighted by atomic mass is 10.2. The smallest absolute Gasteiger partial charge is 0.360 e. The largest absolute Gasteiger partial charge is 0.448 e. The molecule has 3 rings (SSSR count). The Morgan fingerprint density at radius 3 is 2.78 bits per heavy atom. The standard InChI is InChI=1S/C19H18FN3O3S/c1-11-7-8-13(10-14(11)20)21-17(24)12(2)26-18(25)16-15-6-4-5-9-23(15)19(22-16)27-3/h4-10,12H,1-3H3,(H,21,24). The number of rotatable bonds is 5.